The molecule has 4 atom stereocenters. The van der Waals surface area contributed by atoms with E-state index in [1.807, 2.05) is 0 Å². The highest BCUT2D eigenvalue weighted by Gasteiger charge is 2.41. The molecule has 0 spiro atoms. The van der Waals surface area contributed by atoms with E-state index in [-0.39, 0.29) is 5.97 Å². The summed E-state index contributed by atoms with van der Waals surface area (Å²) in [5.74, 6) is 1.21. The molecule has 0 aromatic carbocycles. The summed E-state index contributed by atoms with van der Waals surface area (Å²) in [6, 6.07) is -0.426. The molecule has 2 aliphatic rings. The van der Waals surface area contributed by atoms with Gasteiger partial charge in [0, 0.05) is 0 Å². The summed E-state index contributed by atoms with van der Waals surface area (Å²) in [5, 5.41) is 0. The Kier molecular flexibility index (Phi) is 2.12. The molecular formula is C10H15NO2. The molecule has 0 saturated heterocycles. The van der Waals surface area contributed by atoms with Gasteiger partial charge < -0.3 is 10.5 Å². The van der Waals surface area contributed by atoms with Crippen LogP contribution >= 0.6 is 0 Å². The zero-order chi connectivity index (χ0) is 9.42. The van der Waals surface area contributed by atoms with Crippen LogP contribution in [0.4, 0.5) is 0 Å². The standard InChI is InChI=1S/C10H15NO2/c1-13-10(12)9(11)8-5-6-2-3-7(8)4-6/h2-3,6-9H,4-5,11H2,1H3. The molecule has 72 valence electrons. The number of carbonyl (C=O) groups is 1. The van der Waals surface area contributed by atoms with Crippen LogP contribution in [-0.2, 0) is 9.53 Å². The number of rotatable bonds is 2. The summed E-state index contributed by atoms with van der Waals surface area (Å²) < 4.78 is 4.64. The first kappa shape index (κ1) is 8.75. The molecule has 2 N–H and O–H groups in total. The van der Waals surface area contributed by atoms with Crippen LogP contribution in [0.5, 0.6) is 0 Å². The van der Waals surface area contributed by atoms with Crippen molar-refractivity contribution in [3.8, 4) is 0 Å². The molecule has 2 rings (SSSR count). The van der Waals surface area contributed by atoms with Crippen molar-refractivity contribution in [3.05, 3.63) is 12.2 Å². The summed E-state index contributed by atoms with van der Waals surface area (Å²) in [4.78, 5) is 11.2. The Labute approximate surface area is 77.9 Å². The monoisotopic (exact) mass is 181 g/mol. The number of allylic oxidation sites excluding steroid dienone is 2. The number of nitrogens with two attached hydrogens (primary N) is 1. The largest absolute Gasteiger partial charge is 0.468 e. The number of hydrogen-bond donors (Lipinski definition) is 1. The Morgan fingerprint density at radius 1 is 1.54 bits per heavy atom. The third kappa shape index (κ3) is 1.37. The average Bonchev–Trinajstić information content (AvgIpc) is 2.76. The van der Waals surface area contributed by atoms with Gasteiger partial charge in [-0.15, -0.1) is 0 Å². The zero-order valence-electron chi connectivity index (χ0n) is 7.77. The van der Waals surface area contributed by atoms with E-state index in [2.05, 4.69) is 16.9 Å². The molecule has 0 amide bonds. The van der Waals surface area contributed by atoms with Crippen LogP contribution in [-0.4, -0.2) is 19.1 Å². The summed E-state index contributed by atoms with van der Waals surface area (Å²) in [6.07, 6.45) is 6.67. The van der Waals surface area contributed by atoms with Gasteiger partial charge in [0.25, 0.3) is 0 Å². The lowest BCUT2D eigenvalue weighted by atomic mass is 9.87. The maximum atomic E-state index is 11.2. The van der Waals surface area contributed by atoms with Crippen molar-refractivity contribution in [1.82, 2.24) is 0 Å². The Hall–Kier alpha value is -0.830. The van der Waals surface area contributed by atoms with E-state index in [4.69, 9.17) is 5.73 Å². The maximum Gasteiger partial charge on any atom is 0.322 e. The summed E-state index contributed by atoms with van der Waals surface area (Å²) in [6.45, 7) is 0. The normalized spacial score (nSPS) is 37.8. The Balaban J connectivity index is 2.02. The third-order valence-corrected chi connectivity index (χ3v) is 3.26. The predicted octanol–water partition coefficient (Wildman–Crippen LogP) is 0.699. The molecule has 1 saturated carbocycles. The molecule has 0 aliphatic heterocycles. The average molecular weight is 181 g/mol. The van der Waals surface area contributed by atoms with Crippen molar-refractivity contribution in [2.45, 2.75) is 18.9 Å². The molecule has 13 heavy (non-hydrogen) atoms. The summed E-state index contributed by atoms with van der Waals surface area (Å²) >= 11 is 0. The van der Waals surface area contributed by atoms with Crippen LogP contribution in [0.15, 0.2) is 12.2 Å². The Morgan fingerprint density at radius 2 is 2.31 bits per heavy atom. The van der Waals surface area contributed by atoms with Crippen molar-refractivity contribution >= 4 is 5.97 Å². The summed E-state index contributed by atoms with van der Waals surface area (Å²) in [5.41, 5.74) is 5.81. The maximum absolute atomic E-state index is 11.2. The first-order valence-corrected chi connectivity index (χ1v) is 4.74. The lowest BCUT2D eigenvalue weighted by Crippen LogP contribution is -2.40. The van der Waals surface area contributed by atoms with Gasteiger partial charge in [0.1, 0.15) is 6.04 Å². The van der Waals surface area contributed by atoms with Crippen molar-refractivity contribution in [2.24, 2.45) is 23.5 Å². The SMILES string of the molecule is COC(=O)C(N)C1CC2C=CC1C2. The number of hydrogen-bond acceptors (Lipinski definition) is 3. The number of ether oxygens (including phenoxy) is 1. The molecule has 4 unspecified atom stereocenters. The predicted molar refractivity (Wildman–Crippen MR) is 48.8 cm³/mol. The highest BCUT2D eigenvalue weighted by molar-refractivity contribution is 5.75. The van der Waals surface area contributed by atoms with Crippen LogP contribution in [0.3, 0.4) is 0 Å². The van der Waals surface area contributed by atoms with Gasteiger partial charge >= 0.3 is 5.97 Å². The molecule has 0 heterocycles. The minimum atomic E-state index is -0.426. The van der Waals surface area contributed by atoms with E-state index >= 15 is 0 Å². The number of carbonyl (C=O) groups excluding carboxylic acids is 1. The second-order valence-corrected chi connectivity index (χ2v) is 3.99. The van der Waals surface area contributed by atoms with E-state index in [0.717, 1.165) is 6.42 Å². The van der Waals surface area contributed by atoms with E-state index in [1.54, 1.807) is 0 Å². The van der Waals surface area contributed by atoms with Gasteiger partial charge in [0.2, 0.25) is 0 Å². The number of esters is 1. The van der Waals surface area contributed by atoms with E-state index in [9.17, 15) is 4.79 Å². The smallest absolute Gasteiger partial charge is 0.322 e. The van der Waals surface area contributed by atoms with Gasteiger partial charge in [-0.2, -0.15) is 0 Å². The Bertz CT molecular complexity index is 249. The summed E-state index contributed by atoms with van der Waals surface area (Å²) in [7, 11) is 1.39. The Morgan fingerprint density at radius 3 is 2.77 bits per heavy atom. The highest BCUT2D eigenvalue weighted by Crippen LogP contribution is 2.44. The van der Waals surface area contributed by atoms with Gasteiger partial charge in [0.15, 0.2) is 0 Å². The van der Waals surface area contributed by atoms with E-state index in [0.29, 0.717) is 17.8 Å². The van der Waals surface area contributed by atoms with Crippen molar-refractivity contribution in [1.29, 1.82) is 0 Å². The molecule has 0 aromatic heterocycles. The van der Waals surface area contributed by atoms with Gasteiger partial charge in [0.05, 0.1) is 7.11 Å². The van der Waals surface area contributed by atoms with E-state index < -0.39 is 6.04 Å². The lowest BCUT2D eigenvalue weighted by Gasteiger charge is -2.22. The molecule has 0 radical (unpaired) electrons. The fourth-order valence-electron chi connectivity index (χ4n) is 2.55. The molecule has 2 bridgehead atoms. The highest BCUT2D eigenvalue weighted by atomic mass is 16.5. The molecule has 1 fully saturated rings. The van der Waals surface area contributed by atoms with Gasteiger partial charge in [-0.05, 0) is 30.6 Å². The molecule has 0 aromatic rings. The quantitative estimate of drug-likeness (QED) is 0.504. The minimum Gasteiger partial charge on any atom is -0.468 e. The van der Waals surface area contributed by atoms with Crippen LogP contribution in [0.2, 0.25) is 0 Å². The molecule has 2 aliphatic carbocycles. The third-order valence-electron chi connectivity index (χ3n) is 3.26. The van der Waals surface area contributed by atoms with Gasteiger partial charge in [-0.25, -0.2) is 0 Å². The molecule has 3 heteroatoms. The first-order valence-electron chi connectivity index (χ1n) is 4.74. The van der Waals surface area contributed by atoms with Crippen LogP contribution in [0, 0.1) is 17.8 Å². The van der Waals surface area contributed by atoms with Crippen molar-refractivity contribution < 1.29 is 9.53 Å². The minimum absolute atomic E-state index is 0.272. The molecule has 3 nitrogen and oxygen atoms in total. The lowest BCUT2D eigenvalue weighted by molar-refractivity contribution is -0.143. The van der Waals surface area contributed by atoms with Crippen LogP contribution < -0.4 is 5.73 Å². The van der Waals surface area contributed by atoms with Crippen molar-refractivity contribution in [2.75, 3.05) is 7.11 Å². The first-order chi connectivity index (χ1) is 6.22. The van der Waals surface area contributed by atoms with Crippen LogP contribution in [0.1, 0.15) is 12.8 Å². The fraction of sp³-hybridized carbons (Fsp3) is 0.700. The zero-order valence-corrected chi connectivity index (χ0v) is 7.77. The number of methoxy groups -OCH3 is 1. The topological polar surface area (TPSA) is 52.3 Å². The second-order valence-electron chi connectivity index (χ2n) is 3.99. The molecular weight excluding hydrogens is 166 g/mol. The van der Waals surface area contributed by atoms with E-state index in [1.165, 1.54) is 13.5 Å². The van der Waals surface area contributed by atoms with Crippen molar-refractivity contribution in [3.63, 3.8) is 0 Å². The second kappa shape index (κ2) is 3.14. The number of fused-ring (bicyclic) bond motifs is 2. The fourth-order valence-corrected chi connectivity index (χ4v) is 2.55. The van der Waals surface area contributed by atoms with Gasteiger partial charge in [-0.1, -0.05) is 12.2 Å². The van der Waals surface area contributed by atoms with Crippen LogP contribution in [0.25, 0.3) is 0 Å². The van der Waals surface area contributed by atoms with Gasteiger partial charge in [-0.3, -0.25) is 4.79 Å².